The Bertz CT molecular complexity index is 435. The number of aromatic nitrogens is 4. The van der Waals surface area contributed by atoms with Gasteiger partial charge in [0.2, 0.25) is 0 Å². The lowest BCUT2D eigenvalue weighted by molar-refractivity contribution is 0.152. The summed E-state index contributed by atoms with van der Waals surface area (Å²) in [6.07, 6.45) is 6.47. The van der Waals surface area contributed by atoms with E-state index in [0.29, 0.717) is 18.0 Å². The molecular weight excluding hydrogens is 282 g/mol. The van der Waals surface area contributed by atoms with Crippen molar-refractivity contribution < 1.29 is 0 Å². The minimum absolute atomic E-state index is 0.364. The minimum atomic E-state index is 0.364. The lowest BCUT2D eigenvalue weighted by Crippen LogP contribution is -2.40. The van der Waals surface area contributed by atoms with E-state index in [1.54, 1.807) is 0 Å². The third kappa shape index (κ3) is 3.42. The summed E-state index contributed by atoms with van der Waals surface area (Å²) in [5.74, 6) is 4.10. The van der Waals surface area contributed by atoms with E-state index < -0.39 is 0 Å². The Morgan fingerprint density at radius 1 is 1.10 bits per heavy atom. The average molecular weight is 309 g/mol. The van der Waals surface area contributed by atoms with Gasteiger partial charge in [-0.1, -0.05) is 33.1 Å². The van der Waals surface area contributed by atoms with Crippen LogP contribution >= 0.6 is 11.8 Å². The van der Waals surface area contributed by atoms with Gasteiger partial charge in [-0.25, -0.2) is 4.68 Å². The fourth-order valence-corrected chi connectivity index (χ4v) is 4.65. The van der Waals surface area contributed by atoms with E-state index in [9.17, 15) is 0 Å². The topological polar surface area (TPSA) is 46.8 Å². The Hall–Kier alpha value is -0.620. The molecular formula is C15H27N5S. The van der Waals surface area contributed by atoms with E-state index in [2.05, 4.69) is 50.7 Å². The van der Waals surface area contributed by atoms with Gasteiger partial charge < -0.3 is 0 Å². The molecule has 0 unspecified atom stereocenters. The zero-order chi connectivity index (χ0) is 14.7. The first-order valence-corrected chi connectivity index (χ1v) is 9.52. The van der Waals surface area contributed by atoms with Gasteiger partial charge in [0.05, 0.1) is 12.1 Å². The van der Waals surface area contributed by atoms with Crippen molar-refractivity contribution in [2.24, 2.45) is 5.92 Å². The average Bonchev–Trinajstić information content (AvgIpc) is 2.98. The molecule has 0 spiro atoms. The van der Waals surface area contributed by atoms with Crippen molar-refractivity contribution in [2.45, 2.75) is 58.0 Å². The SMILES string of the molecule is CC(C)[C@@H](c1nnnn1C1CCCCC1)N1CCSCC1. The van der Waals surface area contributed by atoms with Gasteiger partial charge >= 0.3 is 0 Å². The second kappa shape index (κ2) is 7.09. The second-order valence-electron chi connectivity index (χ2n) is 6.61. The Labute approximate surface area is 131 Å². The second-order valence-corrected chi connectivity index (χ2v) is 7.84. The summed E-state index contributed by atoms with van der Waals surface area (Å²) in [5, 5.41) is 12.8. The molecule has 0 N–H and O–H groups in total. The smallest absolute Gasteiger partial charge is 0.168 e. The van der Waals surface area contributed by atoms with Gasteiger partial charge in [0.1, 0.15) is 0 Å². The fraction of sp³-hybridized carbons (Fsp3) is 0.933. The summed E-state index contributed by atoms with van der Waals surface area (Å²) >= 11 is 2.06. The largest absolute Gasteiger partial charge is 0.291 e. The van der Waals surface area contributed by atoms with Crippen LogP contribution in [0.2, 0.25) is 0 Å². The number of rotatable bonds is 4. The minimum Gasteiger partial charge on any atom is -0.291 e. The van der Waals surface area contributed by atoms with Gasteiger partial charge in [0, 0.05) is 24.6 Å². The molecule has 0 radical (unpaired) electrons. The van der Waals surface area contributed by atoms with Gasteiger partial charge in [-0.15, -0.1) is 5.10 Å². The van der Waals surface area contributed by atoms with Crippen molar-refractivity contribution in [3.05, 3.63) is 5.82 Å². The standard InChI is InChI=1S/C15H27N5S/c1-12(2)14(19-8-10-21-11-9-19)15-16-17-18-20(15)13-6-4-3-5-7-13/h12-14H,3-11H2,1-2H3/t14-/m0/s1. The maximum absolute atomic E-state index is 4.44. The molecule has 1 saturated heterocycles. The van der Waals surface area contributed by atoms with Crippen molar-refractivity contribution in [1.82, 2.24) is 25.1 Å². The molecule has 1 atom stereocenters. The van der Waals surface area contributed by atoms with Crippen LogP contribution in [0.5, 0.6) is 0 Å². The summed E-state index contributed by atoms with van der Waals surface area (Å²) in [6, 6.07) is 0.881. The molecule has 1 aliphatic carbocycles. The number of tetrazole rings is 1. The van der Waals surface area contributed by atoms with Crippen LogP contribution < -0.4 is 0 Å². The van der Waals surface area contributed by atoms with E-state index in [0.717, 1.165) is 18.9 Å². The number of hydrogen-bond donors (Lipinski definition) is 0. The quantitative estimate of drug-likeness (QED) is 0.856. The number of hydrogen-bond acceptors (Lipinski definition) is 5. The zero-order valence-corrected chi connectivity index (χ0v) is 14.1. The van der Waals surface area contributed by atoms with Crippen LogP contribution in [0.1, 0.15) is 63.9 Å². The van der Waals surface area contributed by atoms with E-state index in [-0.39, 0.29) is 0 Å². The normalized spacial score (nSPS) is 23.6. The molecule has 2 heterocycles. The molecule has 1 aromatic rings. The van der Waals surface area contributed by atoms with Gasteiger partial charge in [-0.05, 0) is 29.2 Å². The first-order valence-electron chi connectivity index (χ1n) is 8.37. The highest BCUT2D eigenvalue weighted by Gasteiger charge is 2.32. The van der Waals surface area contributed by atoms with Gasteiger partial charge in [-0.3, -0.25) is 4.90 Å². The number of thioether (sulfide) groups is 1. The summed E-state index contributed by atoms with van der Waals surface area (Å²) in [6.45, 7) is 6.91. The molecule has 118 valence electrons. The molecule has 6 heteroatoms. The molecule has 0 aromatic carbocycles. The first kappa shape index (κ1) is 15.3. The van der Waals surface area contributed by atoms with Crippen LogP contribution in [0.3, 0.4) is 0 Å². The fourth-order valence-electron chi connectivity index (χ4n) is 3.72. The van der Waals surface area contributed by atoms with Crippen molar-refractivity contribution in [3.63, 3.8) is 0 Å². The molecule has 1 aliphatic heterocycles. The van der Waals surface area contributed by atoms with Crippen molar-refractivity contribution in [2.75, 3.05) is 24.6 Å². The zero-order valence-electron chi connectivity index (χ0n) is 13.2. The molecule has 1 saturated carbocycles. The molecule has 21 heavy (non-hydrogen) atoms. The van der Waals surface area contributed by atoms with Crippen LogP contribution in [0.4, 0.5) is 0 Å². The van der Waals surface area contributed by atoms with Crippen LogP contribution in [0.25, 0.3) is 0 Å². The summed E-state index contributed by atoms with van der Waals surface area (Å²) in [4.78, 5) is 2.59. The molecule has 0 amide bonds. The van der Waals surface area contributed by atoms with E-state index in [1.165, 1.54) is 43.6 Å². The van der Waals surface area contributed by atoms with Gasteiger partial charge in [-0.2, -0.15) is 11.8 Å². The van der Waals surface area contributed by atoms with Gasteiger partial charge in [0.15, 0.2) is 5.82 Å². The first-order chi connectivity index (χ1) is 10.3. The molecule has 3 rings (SSSR count). The van der Waals surface area contributed by atoms with Crippen molar-refractivity contribution >= 4 is 11.8 Å². The Morgan fingerprint density at radius 3 is 2.48 bits per heavy atom. The Kier molecular flexibility index (Phi) is 5.16. The maximum Gasteiger partial charge on any atom is 0.168 e. The lowest BCUT2D eigenvalue weighted by Gasteiger charge is -2.36. The van der Waals surface area contributed by atoms with Crippen molar-refractivity contribution in [1.29, 1.82) is 0 Å². The van der Waals surface area contributed by atoms with Crippen LogP contribution in [0, 0.1) is 5.92 Å². The highest BCUT2D eigenvalue weighted by Crippen LogP contribution is 2.33. The van der Waals surface area contributed by atoms with E-state index in [1.807, 2.05) is 0 Å². The predicted molar refractivity (Wildman–Crippen MR) is 86.4 cm³/mol. The van der Waals surface area contributed by atoms with E-state index in [4.69, 9.17) is 0 Å². The van der Waals surface area contributed by atoms with Crippen LogP contribution in [0.15, 0.2) is 0 Å². The number of nitrogens with zero attached hydrogens (tertiary/aromatic N) is 5. The van der Waals surface area contributed by atoms with Gasteiger partial charge in [0.25, 0.3) is 0 Å². The lowest BCUT2D eigenvalue weighted by atomic mass is 9.94. The summed E-state index contributed by atoms with van der Waals surface area (Å²) in [7, 11) is 0. The molecule has 2 fully saturated rings. The highest BCUT2D eigenvalue weighted by molar-refractivity contribution is 7.99. The Balaban J connectivity index is 1.83. The Morgan fingerprint density at radius 2 is 1.81 bits per heavy atom. The summed E-state index contributed by atoms with van der Waals surface area (Å²) < 4.78 is 2.16. The van der Waals surface area contributed by atoms with Crippen molar-refractivity contribution in [3.8, 4) is 0 Å². The molecule has 1 aromatic heterocycles. The predicted octanol–water partition coefficient (Wildman–Crippen LogP) is 2.92. The van der Waals surface area contributed by atoms with Crippen LogP contribution in [-0.4, -0.2) is 49.7 Å². The molecule has 2 aliphatic rings. The molecule has 0 bridgehead atoms. The maximum atomic E-state index is 4.44. The summed E-state index contributed by atoms with van der Waals surface area (Å²) in [5.41, 5.74) is 0. The molecule has 5 nitrogen and oxygen atoms in total. The third-order valence-corrected chi connectivity index (χ3v) is 5.72. The third-order valence-electron chi connectivity index (χ3n) is 4.77. The highest BCUT2D eigenvalue weighted by atomic mass is 32.2. The monoisotopic (exact) mass is 309 g/mol. The van der Waals surface area contributed by atoms with Crippen LogP contribution in [-0.2, 0) is 0 Å². The van der Waals surface area contributed by atoms with E-state index >= 15 is 0 Å².